The first-order valence-electron chi connectivity index (χ1n) is 25.2. The number of anilines is 9. The van der Waals surface area contributed by atoms with E-state index in [9.17, 15) is 0 Å². The van der Waals surface area contributed by atoms with Crippen LogP contribution in [0.15, 0.2) is 255 Å². The van der Waals surface area contributed by atoms with Gasteiger partial charge in [-0.05, 0) is 107 Å². The Labute approximate surface area is 435 Å². The Hall–Kier alpha value is -9.92. The summed E-state index contributed by atoms with van der Waals surface area (Å²) in [6.07, 6.45) is 0. The van der Waals surface area contributed by atoms with Gasteiger partial charge in [-0.3, -0.25) is 0 Å². The number of para-hydroxylation sites is 7. The van der Waals surface area contributed by atoms with Gasteiger partial charge in [-0.1, -0.05) is 140 Å². The van der Waals surface area contributed by atoms with Gasteiger partial charge in [0.15, 0.2) is 0 Å². The van der Waals surface area contributed by atoms with Crippen LogP contribution in [-0.2, 0) is 0 Å². The smallest absolute Gasteiger partial charge is 0.262 e. The van der Waals surface area contributed by atoms with Gasteiger partial charge in [-0.15, -0.1) is 0 Å². The Morgan fingerprint density at radius 3 is 0.973 bits per heavy atom. The SMILES string of the molecule is c1ccc(N(c2ccccc2)c2ccc3c(c2)Oc2cc(N(c4ccccc4)c4ccccc4)cc4c2B3c2cc3c(nc2O4)Oc2cc(N(c4ccccc4)c4ccccc4)cc4c2B3c2ccccc2O4)cc1. The van der Waals surface area contributed by atoms with Crippen molar-refractivity contribution in [1.82, 2.24) is 4.98 Å². The molecule has 10 aromatic carbocycles. The zero-order chi connectivity index (χ0) is 49.4. The molecule has 11 aromatic rings. The van der Waals surface area contributed by atoms with Crippen LogP contribution in [0.3, 0.4) is 0 Å². The van der Waals surface area contributed by atoms with E-state index in [1.165, 1.54) is 0 Å². The standard InChI is InChI=1S/C65H42B2N4O4/c1-7-21-43(22-8-1)69(44-23-9-2-10-24-44)49-35-36-53-57(37-49)73-59-39-51(71(47-29-15-5-16-30-47)48-31-17-6-18-32-48)41-61-63(59)67(53)55-42-54-64(68-65(55)75-61)74-60-40-50(38-58-62(60)66(54)52-33-19-20-34-56(52)72-58)70(45-25-11-3-12-26-45)46-27-13-4-14-28-46/h1-42H. The van der Waals surface area contributed by atoms with E-state index >= 15 is 0 Å². The van der Waals surface area contributed by atoms with Crippen molar-refractivity contribution in [3.05, 3.63) is 255 Å². The van der Waals surface area contributed by atoms with Gasteiger partial charge in [0.1, 0.15) is 34.5 Å². The Balaban J connectivity index is 0.929. The fourth-order valence-corrected chi connectivity index (χ4v) is 11.4. The second-order valence-corrected chi connectivity index (χ2v) is 19.0. The highest BCUT2D eigenvalue weighted by atomic mass is 16.5. The highest BCUT2D eigenvalue weighted by Gasteiger charge is 2.47. The molecule has 0 bridgehead atoms. The van der Waals surface area contributed by atoms with Crippen molar-refractivity contribution in [3.8, 4) is 46.3 Å². The fourth-order valence-electron chi connectivity index (χ4n) is 11.4. The molecule has 4 aliphatic rings. The molecule has 0 amide bonds. The number of ether oxygens (including phenoxy) is 4. The van der Waals surface area contributed by atoms with Crippen molar-refractivity contribution in [3.63, 3.8) is 0 Å². The van der Waals surface area contributed by atoms with Crippen molar-refractivity contribution in [2.45, 2.75) is 0 Å². The molecule has 75 heavy (non-hydrogen) atoms. The van der Waals surface area contributed by atoms with Gasteiger partial charge in [0.25, 0.3) is 13.4 Å². The Morgan fingerprint density at radius 1 is 0.240 bits per heavy atom. The summed E-state index contributed by atoms with van der Waals surface area (Å²) in [6.45, 7) is -0.561. The zero-order valence-electron chi connectivity index (χ0n) is 40.3. The van der Waals surface area contributed by atoms with Crippen molar-refractivity contribution in [2.24, 2.45) is 0 Å². The molecule has 0 N–H and O–H groups in total. The summed E-state index contributed by atoms with van der Waals surface area (Å²) in [6, 6.07) is 88.1. The normalized spacial score (nSPS) is 12.6. The first kappa shape index (κ1) is 42.7. The highest BCUT2D eigenvalue weighted by molar-refractivity contribution is 7.00. The predicted octanol–water partition coefficient (Wildman–Crippen LogP) is 12.9. The maximum atomic E-state index is 7.23. The molecule has 8 nitrogen and oxygen atoms in total. The molecule has 0 aliphatic carbocycles. The lowest BCUT2D eigenvalue weighted by Gasteiger charge is -2.37. The summed E-state index contributed by atoms with van der Waals surface area (Å²) in [5, 5.41) is 0. The van der Waals surface area contributed by atoms with E-state index in [-0.39, 0.29) is 13.4 Å². The van der Waals surface area contributed by atoms with E-state index < -0.39 is 0 Å². The first-order valence-corrected chi connectivity index (χ1v) is 25.2. The third-order valence-corrected chi connectivity index (χ3v) is 14.6. The molecular formula is C65H42B2N4O4. The van der Waals surface area contributed by atoms with Crippen molar-refractivity contribution in [1.29, 1.82) is 0 Å². The molecule has 0 unspecified atom stereocenters. The van der Waals surface area contributed by atoms with Crippen LogP contribution in [0, 0.1) is 0 Å². The minimum Gasteiger partial charge on any atom is -0.458 e. The van der Waals surface area contributed by atoms with Crippen LogP contribution in [0.5, 0.6) is 46.3 Å². The summed E-state index contributed by atoms with van der Waals surface area (Å²) >= 11 is 0. The molecule has 5 heterocycles. The number of nitrogens with zero attached hydrogens (tertiary/aromatic N) is 4. The largest absolute Gasteiger partial charge is 0.458 e. The number of benzene rings is 10. The van der Waals surface area contributed by atoms with Crippen LogP contribution in [0.2, 0.25) is 0 Å². The molecule has 352 valence electrons. The van der Waals surface area contributed by atoms with Gasteiger partial charge in [0.2, 0.25) is 11.8 Å². The second kappa shape index (κ2) is 17.4. The molecule has 0 atom stereocenters. The van der Waals surface area contributed by atoms with Crippen LogP contribution in [-0.4, -0.2) is 18.4 Å². The lowest BCUT2D eigenvalue weighted by Crippen LogP contribution is -2.62. The quantitative estimate of drug-likeness (QED) is 0.133. The lowest BCUT2D eigenvalue weighted by molar-refractivity contribution is 0.425. The number of rotatable bonds is 9. The van der Waals surface area contributed by atoms with Crippen molar-refractivity contribution in [2.75, 3.05) is 14.7 Å². The number of hydrogen-bond donors (Lipinski definition) is 0. The minimum atomic E-state index is -0.309. The van der Waals surface area contributed by atoms with Gasteiger partial charge < -0.3 is 33.6 Å². The maximum absolute atomic E-state index is 7.23. The molecule has 0 spiro atoms. The van der Waals surface area contributed by atoms with Crippen LogP contribution in [0.25, 0.3) is 0 Å². The average Bonchev–Trinajstić information content (AvgIpc) is 3.52. The van der Waals surface area contributed by atoms with Crippen LogP contribution in [0.1, 0.15) is 0 Å². The Kier molecular flexibility index (Phi) is 9.91. The van der Waals surface area contributed by atoms with Gasteiger partial charge in [-0.25, -0.2) is 0 Å². The molecule has 10 heteroatoms. The van der Waals surface area contributed by atoms with E-state index in [0.29, 0.717) is 29.0 Å². The number of aromatic nitrogens is 1. The molecule has 0 fully saturated rings. The third-order valence-electron chi connectivity index (χ3n) is 14.6. The second-order valence-electron chi connectivity index (χ2n) is 19.0. The molecule has 1 aromatic heterocycles. The minimum absolute atomic E-state index is 0.252. The van der Waals surface area contributed by atoms with Crippen LogP contribution < -0.4 is 66.4 Å². The fraction of sp³-hybridized carbons (Fsp3) is 0. The molecular weight excluding hydrogens is 922 g/mol. The van der Waals surface area contributed by atoms with E-state index in [1.807, 2.05) is 42.5 Å². The summed E-state index contributed by atoms with van der Waals surface area (Å²) < 4.78 is 28.4. The molecule has 0 saturated carbocycles. The number of hydrogen-bond acceptors (Lipinski definition) is 8. The predicted molar refractivity (Wildman–Crippen MR) is 304 cm³/mol. The lowest BCUT2D eigenvalue weighted by atomic mass is 9.32. The van der Waals surface area contributed by atoms with E-state index in [0.717, 1.165) is 101 Å². The van der Waals surface area contributed by atoms with Gasteiger partial charge >= 0.3 is 0 Å². The van der Waals surface area contributed by atoms with Gasteiger partial charge in [0, 0.05) is 81.1 Å². The molecule has 0 radical (unpaired) electrons. The van der Waals surface area contributed by atoms with E-state index in [4.69, 9.17) is 23.9 Å². The van der Waals surface area contributed by atoms with Crippen molar-refractivity contribution >= 4 is 97.4 Å². The number of fused-ring (bicyclic) bond motifs is 8. The number of pyridine rings is 1. The summed E-state index contributed by atoms with van der Waals surface area (Å²) in [5.41, 5.74) is 14.6. The maximum Gasteiger partial charge on any atom is 0.262 e. The van der Waals surface area contributed by atoms with E-state index in [2.05, 4.69) is 227 Å². The van der Waals surface area contributed by atoms with E-state index in [1.54, 1.807) is 0 Å². The van der Waals surface area contributed by atoms with Crippen LogP contribution >= 0.6 is 0 Å². The summed E-state index contributed by atoms with van der Waals surface area (Å²) in [4.78, 5) is 12.2. The molecule has 4 aliphatic heterocycles. The van der Waals surface area contributed by atoms with Gasteiger partial charge in [0.05, 0.1) is 11.4 Å². The monoisotopic (exact) mass is 964 g/mol. The Morgan fingerprint density at radius 2 is 0.560 bits per heavy atom. The Bertz CT molecular complexity index is 3870. The van der Waals surface area contributed by atoms with Gasteiger partial charge in [-0.2, -0.15) is 4.98 Å². The third kappa shape index (κ3) is 7.13. The first-order chi connectivity index (χ1) is 37.2. The molecule has 15 rings (SSSR count). The average molecular weight is 965 g/mol. The zero-order valence-corrected chi connectivity index (χ0v) is 40.3. The highest BCUT2D eigenvalue weighted by Crippen LogP contribution is 2.46. The van der Waals surface area contributed by atoms with Crippen LogP contribution in [0.4, 0.5) is 51.2 Å². The summed E-state index contributed by atoms with van der Waals surface area (Å²) in [7, 11) is 0. The molecule has 0 saturated heterocycles. The topological polar surface area (TPSA) is 59.5 Å². The summed E-state index contributed by atoms with van der Waals surface area (Å²) in [5.74, 6) is 5.26. The van der Waals surface area contributed by atoms with Crippen molar-refractivity contribution < 1.29 is 18.9 Å².